The number of thiazole rings is 1. The standard InChI is InChI=1S/C9H15N3S/c1-8-6-10-2-4-12(8)7-9-11-3-5-13-9/h3,5,8,10H,2,4,6-7H2,1H3/t8-/m0/s1. The number of rotatable bonds is 2. The molecule has 3 nitrogen and oxygen atoms in total. The molecule has 0 radical (unpaired) electrons. The van der Waals surface area contributed by atoms with Crippen molar-refractivity contribution in [1.82, 2.24) is 15.2 Å². The molecule has 0 saturated carbocycles. The van der Waals surface area contributed by atoms with Crippen LogP contribution in [0, 0.1) is 0 Å². The first-order valence-corrected chi connectivity index (χ1v) is 5.57. The van der Waals surface area contributed by atoms with Crippen LogP contribution in [-0.4, -0.2) is 35.6 Å². The molecule has 72 valence electrons. The second-order valence-electron chi connectivity index (χ2n) is 3.45. The van der Waals surface area contributed by atoms with Crippen LogP contribution in [0.1, 0.15) is 11.9 Å². The molecular formula is C9H15N3S. The minimum atomic E-state index is 0.637. The monoisotopic (exact) mass is 197 g/mol. The maximum absolute atomic E-state index is 4.30. The first-order valence-electron chi connectivity index (χ1n) is 4.69. The lowest BCUT2D eigenvalue weighted by Crippen LogP contribution is -2.49. The Morgan fingerprint density at radius 3 is 3.38 bits per heavy atom. The maximum atomic E-state index is 4.30. The number of piperazine rings is 1. The zero-order valence-electron chi connectivity index (χ0n) is 7.86. The first kappa shape index (κ1) is 9.12. The summed E-state index contributed by atoms with van der Waals surface area (Å²) in [5.74, 6) is 0. The summed E-state index contributed by atoms with van der Waals surface area (Å²) in [5.41, 5.74) is 0. The molecule has 1 saturated heterocycles. The molecule has 4 heteroatoms. The van der Waals surface area contributed by atoms with Crippen molar-refractivity contribution in [2.75, 3.05) is 19.6 Å². The molecule has 0 bridgehead atoms. The Labute approximate surface area is 82.8 Å². The van der Waals surface area contributed by atoms with E-state index in [0.29, 0.717) is 6.04 Å². The van der Waals surface area contributed by atoms with Crippen molar-refractivity contribution in [3.05, 3.63) is 16.6 Å². The number of hydrogen-bond donors (Lipinski definition) is 1. The lowest BCUT2D eigenvalue weighted by molar-refractivity contribution is 0.165. The van der Waals surface area contributed by atoms with E-state index in [1.54, 1.807) is 11.3 Å². The zero-order chi connectivity index (χ0) is 9.10. The van der Waals surface area contributed by atoms with Crippen LogP contribution in [0.25, 0.3) is 0 Å². The van der Waals surface area contributed by atoms with Gasteiger partial charge in [-0.3, -0.25) is 4.90 Å². The van der Waals surface area contributed by atoms with Gasteiger partial charge >= 0.3 is 0 Å². The summed E-state index contributed by atoms with van der Waals surface area (Å²) in [6.45, 7) is 6.63. The quantitative estimate of drug-likeness (QED) is 0.764. The summed E-state index contributed by atoms with van der Waals surface area (Å²) >= 11 is 1.75. The molecule has 0 aromatic carbocycles. The summed E-state index contributed by atoms with van der Waals surface area (Å²) in [6.07, 6.45) is 1.88. The fourth-order valence-electron chi connectivity index (χ4n) is 1.62. The molecule has 1 aliphatic heterocycles. The highest BCUT2D eigenvalue weighted by Gasteiger charge is 2.18. The second kappa shape index (κ2) is 4.17. The van der Waals surface area contributed by atoms with E-state index in [1.165, 1.54) is 5.01 Å². The van der Waals surface area contributed by atoms with Crippen molar-refractivity contribution in [3.8, 4) is 0 Å². The van der Waals surface area contributed by atoms with Gasteiger partial charge in [0.05, 0.1) is 6.54 Å². The van der Waals surface area contributed by atoms with Crippen LogP contribution in [0.5, 0.6) is 0 Å². The van der Waals surface area contributed by atoms with Gasteiger partial charge in [0.1, 0.15) is 5.01 Å². The molecule has 0 aliphatic carbocycles. The van der Waals surface area contributed by atoms with E-state index in [9.17, 15) is 0 Å². The van der Waals surface area contributed by atoms with Crippen LogP contribution in [-0.2, 0) is 6.54 Å². The zero-order valence-corrected chi connectivity index (χ0v) is 8.68. The van der Waals surface area contributed by atoms with Crippen molar-refractivity contribution in [2.45, 2.75) is 19.5 Å². The Bertz CT molecular complexity index is 247. The van der Waals surface area contributed by atoms with Crippen molar-refractivity contribution in [2.24, 2.45) is 0 Å². The first-order chi connectivity index (χ1) is 6.36. The summed E-state index contributed by atoms with van der Waals surface area (Å²) in [7, 11) is 0. The molecular weight excluding hydrogens is 182 g/mol. The number of nitrogens with one attached hydrogen (secondary N) is 1. The van der Waals surface area contributed by atoms with Gasteiger partial charge in [0.2, 0.25) is 0 Å². The molecule has 0 amide bonds. The maximum Gasteiger partial charge on any atom is 0.107 e. The van der Waals surface area contributed by atoms with Crippen LogP contribution in [0.2, 0.25) is 0 Å². The average molecular weight is 197 g/mol. The molecule has 2 heterocycles. The fourth-order valence-corrected chi connectivity index (χ4v) is 2.26. The van der Waals surface area contributed by atoms with Gasteiger partial charge in [0.25, 0.3) is 0 Å². The third-order valence-corrected chi connectivity index (χ3v) is 3.23. The molecule has 1 aromatic rings. The topological polar surface area (TPSA) is 28.2 Å². The van der Waals surface area contributed by atoms with Gasteiger partial charge in [-0.2, -0.15) is 0 Å². The van der Waals surface area contributed by atoms with Crippen LogP contribution in [0.3, 0.4) is 0 Å². The van der Waals surface area contributed by atoms with Crippen molar-refractivity contribution < 1.29 is 0 Å². The van der Waals surface area contributed by atoms with E-state index >= 15 is 0 Å². The van der Waals surface area contributed by atoms with E-state index in [2.05, 4.69) is 22.1 Å². The fraction of sp³-hybridized carbons (Fsp3) is 0.667. The molecule has 1 fully saturated rings. The van der Waals surface area contributed by atoms with Gasteiger partial charge in [-0.05, 0) is 6.92 Å². The number of hydrogen-bond acceptors (Lipinski definition) is 4. The molecule has 0 unspecified atom stereocenters. The van der Waals surface area contributed by atoms with Crippen molar-refractivity contribution in [3.63, 3.8) is 0 Å². The summed E-state index contributed by atoms with van der Waals surface area (Å²) in [5, 5.41) is 6.66. The Morgan fingerprint density at radius 2 is 2.69 bits per heavy atom. The molecule has 1 N–H and O–H groups in total. The lowest BCUT2D eigenvalue weighted by atomic mass is 10.2. The van der Waals surface area contributed by atoms with Crippen molar-refractivity contribution >= 4 is 11.3 Å². The van der Waals surface area contributed by atoms with Gasteiger partial charge < -0.3 is 5.32 Å². The molecule has 0 spiro atoms. The highest BCUT2D eigenvalue weighted by Crippen LogP contribution is 2.11. The number of aromatic nitrogens is 1. The Kier molecular flexibility index (Phi) is 2.93. The van der Waals surface area contributed by atoms with Crippen LogP contribution in [0.15, 0.2) is 11.6 Å². The highest BCUT2D eigenvalue weighted by molar-refractivity contribution is 7.09. The van der Waals surface area contributed by atoms with Gasteiger partial charge in [-0.15, -0.1) is 11.3 Å². The lowest BCUT2D eigenvalue weighted by Gasteiger charge is -2.33. The average Bonchev–Trinajstić information content (AvgIpc) is 2.61. The predicted octanol–water partition coefficient (Wildman–Crippen LogP) is 0.937. The normalized spacial score (nSPS) is 24.8. The van der Waals surface area contributed by atoms with Gasteiger partial charge in [-0.1, -0.05) is 0 Å². The molecule has 1 aromatic heterocycles. The van der Waals surface area contributed by atoms with E-state index in [-0.39, 0.29) is 0 Å². The molecule has 1 aliphatic rings. The summed E-state index contributed by atoms with van der Waals surface area (Å²) in [6, 6.07) is 0.637. The van der Waals surface area contributed by atoms with Gasteiger partial charge in [0, 0.05) is 37.3 Å². The minimum absolute atomic E-state index is 0.637. The van der Waals surface area contributed by atoms with Gasteiger partial charge in [-0.25, -0.2) is 4.98 Å². The summed E-state index contributed by atoms with van der Waals surface area (Å²) in [4.78, 5) is 6.78. The predicted molar refractivity (Wildman–Crippen MR) is 54.9 cm³/mol. The smallest absolute Gasteiger partial charge is 0.107 e. The van der Waals surface area contributed by atoms with E-state index in [4.69, 9.17) is 0 Å². The van der Waals surface area contributed by atoms with Gasteiger partial charge in [0.15, 0.2) is 0 Å². The van der Waals surface area contributed by atoms with E-state index in [0.717, 1.165) is 26.2 Å². The summed E-state index contributed by atoms with van der Waals surface area (Å²) < 4.78 is 0. The third kappa shape index (κ3) is 2.27. The van der Waals surface area contributed by atoms with Crippen LogP contribution in [0.4, 0.5) is 0 Å². The van der Waals surface area contributed by atoms with Crippen LogP contribution < -0.4 is 5.32 Å². The highest BCUT2D eigenvalue weighted by atomic mass is 32.1. The largest absolute Gasteiger partial charge is 0.314 e. The second-order valence-corrected chi connectivity index (χ2v) is 4.43. The third-order valence-electron chi connectivity index (χ3n) is 2.46. The Hall–Kier alpha value is -0.450. The van der Waals surface area contributed by atoms with Crippen LogP contribution >= 0.6 is 11.3 Å². The van der Waals surface area contributed by atoms with Crippen molar-refractivity contribution in [1.29, 1.82) is 0 Å². The number of nitrogens with zero attached hydrogens (tertiary/aromatic N) is 2. The Morgan fingerprint density at radius 1 is 1.77 bits per heavy atom. The van der Waals surface area contributed by atoms with E-state index < -0.39 is 0 Å². The minimum Gasteiger partial charge on any atom is -0.314 e. The molecule has 2 rings (SSSR count). The van der Waals surface area contributed by atoms with E-state index in [1.807, 2.05) is 11.6 Å². The Balaban J connectivity index is 1.93. The molecule has 1 atom stereocenters. The molecule has 13 heavy (non-hydrogen) atoms. The SMILES string of the molecule is C[C@H]1CNCCN1Cc1nccs1.